The largest absolute Gasteiger partial charge is 0.481 e. The molecule has 0 heterocycles. The van der Waals surface area contributed by atoms with Gasteiger partial charge in [-0.2, -0.15) is 0 Å². The lowest BCUT2D eigenvalue weighted by molar-refractivity contribution is -0.138. The highest BCUT2D eigenvalue weighted by atomic mass is 16.5. The summed E-state index contributed by atoms with van der Waals surface area (Å²) >= 11 is 0. The van der Waals surface area contributed by atoms with Crippen LogP contribution >= 0.6 is 0 Å². The Morgan fingerprint density at radius 2 is 1.59 bits per heavy atom. The van der Waals surface area contributed by atoms with E-state index >= 15 is 0 Å². The van der Waals surface area contributed by atoms with Crippen molar-refractivity contribution in [1.29, 1.82) is 0 Å². The summed E-state index contributed by atoms with van der Waals surface area (Å²) in [5.74, 6) is -1.53. The first-order valence-electron chi connectivity index (χ1n) is 10.9. The lowest BCUT2D eigenvalue weighted by Crippen LogP contribution is -2.45. The van der Waals surface area contributed by atoms with Crippen molar-refractivity contribution in [2.75, 3.05) is 20.2 Å². The summed E-state index contributed by atoms with van der Waals surface area (Å²) in [5.41, 5.74) is 4.61. The molecule has 2 unspecified atom stereocenters. The van der Waals surface area contributed by atoms with E-state index in [-0.39, 0.29) is 24.9 Å². The number of carbonyl (C=O) groups excluding carboxylic acids is 2. The Morgan fingerprint density at radius 1 is 1.03 bits per heavy atom. The molecule has 1 aliphatic rings. The molecular weight excluding hydrogens is 408 g/mol. The first kappa shape index (κ1) is 23.3. The lowest BCUT2D eigenvalue weighted by Gasteiger charge is -2.26. The van der Waals surface area contributed by atoms with E-state index in [0.717, 1.165) is 22.3 Å². The molecule has 0 fully saturated rings. The van der Waals surface area contributed by atoms with Gasteiger partial charge in [0.25, 0.3) is 0 Å². The summed E-state index contributed by atoms with van der Waals surface area (Å²) < 4.78 is 5.55. The van der Waals surface area contributed by atoms with Gasteiger partial charge in [-0.3, -0.25) is 9.59 Å². The Balaban J connectivity index is 1.53. The van der Waals surface area contributed by atoms with Crippen molar-refractivity contribution in [3.63, 3.8) is 0 Å². The average molecular weight is 439 g/mol. The second-order valence-corrected chi connectivity index (χ2v) is 8.30. The summed E-state index contributed by atoms with van der Waals surface area (Å²) in [6, 6.07) is 15.8. The molecule has 170 valence electrons. The minimum absolute atomic E-state index is 0.0134. The molecule has 2 aromatic carbocycles. The van der Waals surface area contributed by atoms with Gasteiger partial charge in [-0.15, -0.1) is 0 Å². The third kappa shape index (κ3) is 5.28. The topological polar surface area (TPSA) is 95.9 Å². The van der Waals surface area contributed by atoms with Crippen molar-refractivity contribution in [2.45, 2.75) is 38.6 Å². The molecule has 2 amide bonds. The average Bonchev–Trinajstić information content (AvgIpc) is 3.10. The van der Waals surface area contributed by atoms with E-state index in [1.165, 1.54) is 4.90 Å². The van der Waals surface area contributed by atoms with Gasteiger partial charge >= 0.3 is 12.1 Å². The molecule has 0 saturated heterocycles. The Morgan fingerprint density at radius 3 is 2.16 bits per heavy atom. The Bertz CT molecular complexity index is 944. The fourth-order valence-electron chi connectivity index (χ4n) is 4.09. The molecule has 2 atom stereocenters. The number of ether oxygens (including phenoxy) is 1. The van der Waals surface area contributed by atoms with Gasteiger partial charge in [0.2, 0.25) is 5.91 Å². The number of rotatable bonds is 9. The van der Waals surface area contributed by atoms with Gasteiger partial charge in [-0.25, -0.2) is 4.79 Å². The summed E-state index contributed by atoms with van der Waals surface area (Å²) in [4.78, 5) is 37.2. The molecule has 3 rings (SSSR count). The highest BCUT2D eigenvalue weighted by molar-refractivity contribution is 5.80. The number of carboxylic acid groups (broad SMARTS) is 1. The predicted molar refractivity (Wildman–Crippen MR) is 121 cm³/mol. The SMILES string of the molecule is CC(NC(=O)OCC1c2ccccc2-c2ccccc21)C(C)C(=O)N(C)CCCC(=O)O. The molecule has 1 aliphatic carbocycles. The van der Waals surface area contributed by atoms with Crippen molar-refractivity contribution in [3.8, 4) is 11.1 Å². The Labute approximate surface area is 188 Å². The smallest absolute Gasteiger partial charge is 0.407 e. The number of carboxylic acids is 1. The molecule has 0 aromatic heterocycles. The van der Waals surface area contributed by atoms with Crippen LogP contribution in [-0.4, -0.2) is 54.2 Å². The van der Waals surface area contributed by atoms with Crippen LogP contribution in [0.4, 0.5) is 4.79 Å². The first-order valence-corrected chi connectivity index (χ1v) is 10.9. The number of nitrogens with zero attached hydrogens (tertiary/aromatic N) is 1. The molecule has 2 aromatic rings. The highest BCUT2D eigenvalue weighted by Gasteiger charge is 2.30. The summed E-state index contributed by atoms with van der Waals surface area (Å²) in [6.45, 7) is 4.07. The van der Waals surface area contributed by atoms with Crippen LogP contribution in [0.15, 0.2) is 48.5 Å². The molecule has 0 spiro atoms. The van der Waals surface area contributed by atoms with E-state index in [1.807, 2.05) is 24.3 Å². The van der Waals surface area contributed by atoms with Gasteiger partial charge in [-0.1, -0.05) is 55.5 Å². The maximum atomic E-state index is 12.6. The number of nitrogens with one attached hydrogen (secondary N) is 1. The zero-order valence-corrected chi connectivity index (χ0v) is 18.7. The van der Waals surface area contributed by atoms with Crippen LogP contribution in [0.1, 0.15) is 43.7 Å². The standard InChI is InChI=1S/C25H30N2O5/c1-16(24(30)27(3)14-8-13-23(28)29)17(2)26-25(31)32-15-22-20-11-6-4-9-18(20)19-10-5-7-12-21(19)22/h4-7,9-12,16-17,22H,8,13-15H2,1-3H3,(H,26,31)(H,28,29). The van der Waals surface area contributed by atoms with E-state index in [4.69, 9.17) is 9.84 Å². The Kier molecular flexibility index (Phi) is 7.51. The van der Waals surface area contributed by atoms with Crippen LogP contribution in [0, 0.1) is 5.92 Å². The molecule has 0 bridgehead atoms. The van der Waals surface area contributed by atoms with Gasteiger partial charge in [0, 0.05) is 32.0 Å². The van der Waals surface area contributed by atoms with Gasteiger partial charge in [0.15, 0.2) is 0 Å². The molecule has 2 N–H and O–H groups in total. The third-order valence-electron chi connectivity index (χ3n) is 6.09. The number of hydrogen-bond donors (Lipinski definition) is 2. The molecule has 32 heavy (non-hydrogen) atoms. The van der Waals surface area contributed by atoms with Gasteiger partial charge in [0.1, 0.15) is 6.61 Å². The zero-order chi connectivity index (χ0) is 23.3. The number of benzene rings is 2. The number of alkyl carbamates (subject to hydrolysis) is 1. The van der Waals surface area contributed by atoms with Gasteiger partial charge in [-0.05, 0) is 35.6 Å². The number of aliphatic carboxylic acids is 1. The third-order valence-corrected chi connectivity index (χ3v) is 6.09. The monoisotopic (exact) mass is 438 g/mol. The summed E-state index contributed by atoms with van der Waals surface area (Å²) in [7, 11) is 1.64. The van der Waals surface area contributed by atoms with Crippen LogP contribution < -0.4 is 5.32 Å². The zero-order valence-electron chi connectivity index (χ0n) is 18.7. The quantitative estimate of drug-likeness (QED) is 0.620. The van der Waals surface area contributed by atoms with Crippen LogP contribution in [-0.2, 0) is 14.3 Å². The van der Waals surface area contributed by atoms with Crippen molar-refractivity contribution in [3.05, 3.63) is 59.7 Å². The fourth-order valence-corrected chi connectivity index (χ4v) is 4.09. The summed E-state index contributed by atoms with van der Waals surface area (Å²) in [5, 5.41) is 11.5. The molecular formula is C25H30N2O5. The minimum atomic E-state index is -0.885. The molecule has 0 aliphatic heterocycles. The minimum Gasteiger partial charge on any atom is -0.481 e. The van der Waals surface area contributed by atoms with E-state index in [0.29, 0.717) is 13.0 Å². The van der Waals surface area contributed by atoms with Crippen LogP contribution in [0.5, 0.6) is 0 Å². The van der Waals surface area contributed by atoms with E-state index < -0.39 is 24.0 Å². The van der Waals surface area contributed by atoms with Crippen molar-refractivity contribution in [2.24, 2.45) is 5.92 Å². The van der Waals surface area contributed by atoms with Crippen molar-refractivity contribution < 1.29 is 24.2 Å². The number of fused-ring (bicyclic) bond motifs is 3. The normalized spacial score (nSPS) is 14.1. The van der Waals surface area contributed by atoms with Crippen LogP contribution in [0.25, 0.3) is 11.1 Å². The predicted octanol–water partition coefficient (Wildman–Crippen LogP) is 3.87. The number of amides is 2. The fraction of sp³-hybridized carbons (Fsp3) is 0.400. The van der Waals surface area contributed by atoms with Crippen molar-refractivity contribution >= 4 is 18.0 Å². The molecule has 0 saturated carbocycles. The van der Waals surface area contributed by atoms with Crippen LogP contribution in [0.3, 0.4) is 0 Å². The second-order valence-electron chi connectivity index (χ2n) is 8.30. The van der Waals surface area contributed by atoms with Gasteiger partial charge in [0.05, 0.1) is 5.92 Å². The number of carbonyl (C=O) groups is 3. The van der Waals surface area contributed by atoms with Crippen LogP contribution in [0.2, 0.25) is 0 Å². The Hall–Kier alpha value is -3.35. The van der Waals surface area contributed by atoms with E-state index in [1.54, 1.807) is 20.9 Å². The molecule has 7 nitrogen and oxygen atoms in total. The highest BCUT2D eigenvalue weighted by Crippen LogP contribution is 2.44. The maximum absolute atomic E-state index is 12.6. The summed E-state index contributed by atoms with van der Waals surface area (Å²) in [6.07, 6.45) is -0.162. The van der Waals surface area contributed by atoms with Crippen molar-refractivity contribution in [1.82, 2.24) is 10.2 Å². The van der Waals surface area contributed by atoms with Gasteiger partial charge < -0.3 is 20.1 Å². The molecule has 0 radical (unpaired) electrons. The van der Waals surface area contributed by atoms with E-state index in [2.05, 4.69) is 29.6 Å². The first-order chi connectivity index (χ1) is 15.3. The maximum Gasteiger partial charge on any atom is 0.407 e. The van der Waals surface area contributed by atoms with E-state index in [9.17, 15) is 14.4 Å². The molecule has 7 heteroatoms. The number of hydrogen-bond acceptors (Lipinski definition) is 4. The second kappa shape index (κ2) is 10.3. The lowest BCUT2D eigenvalue weighted by atomic mass is 9.98.